The highest BCUT2D eigenvalue weighted by Crippen LogP contribution is 2.31. The van der Waals surface area contributed by atoms with E-state index in [1.807, 2.05) is 13.8 Å². The number of rotatable bonds is 5. The fourth-order valence-electron chi connectivity index (χ4n) is 2.27. The number of carbonyl (C=O) groups excluding carboxylic acids is 1. The summed E-state index contributed by atoms with van der Waals surface area (Å²) in [6, 6.07) is 0. The van der Waals surface area contributed by atoms with Gasteiger partial charge in [0.1, 0.15) is 5.60 Å². The maximum absolute atomic E-state index is 10.00. The molecule has 0 atom stereocenters. The van der Waals surface area contributed by atoms with E-state index in [0.29, 0.717) is 6.47 Å². The van der Waals surface area contributed by atoms with E-state index in [0.717, 1.165) is 12.3 Å². The second-order valence-corrected chi connectivity index (χ2v) is 4.74. The topological polar surface area (TPSA) is 35.5 Å². The van der Waals surface area contributed by atoms with Crippen LogP contribution in [0.4, 0.5) is 0 Å². The van der Waals surface area contributed by atoms with Gasteiger partial charge in [-0.05, 0) is 26.2 Å². The zero-order valence-corrected chi connectivity index (χ0v) is 9.12. The molecule has 0 aromatic carbocycles. The normalized spacial score (nSPS) is 19.3. The van der Waals surface area contributed by atoms with E-state index in [4.69, 9.17) is 4.89 Å². The summed E-state index contributed by atoms with van der Waals surface area (Å²) in [5.41, 5.74) is -0.344. The van der Waals surface area contributed by atoms with Gasteiger partial charge < -0.3 is 4.89 Å². The van der Waals surface area contributed by atoms with Crippen LogP contribution in [-0.4, -0.2) is 12.1 Å². The average molecular weight is 200 g/mol. The van der Waals surface area contributed by atoms with Gasteiger partial charge in [-0.25, -0.2) is 0 Å². The summed E-state index contributed by atoms with van der Waals surface area (Å²) < 4.78 is 0. The van der Waals surface area contributed by atoms with Gasteiger partial charge in [0.2, 0.25) is 0 Å². The lowest BCUT2D eigenvalue weighted by Gasteiger charge is -2.29. The van der Waals surface area contributed by atoms with Crippen molar-refractivity contribution in [2.75, 3.05) is 0 Å². The molecule has 1 rings (SSSR count). The second kappa shape index (κ2) is 5.35. The zero-order chi connectivity index (χ0) is 10.4. The quantitative estimate of drug-likeness (QED) is 0.389. The van der Waals surface area contributed by atoms with Crippen LogP contribution in [-0.2, 0) is 14.6 Å². The molecule has 1 aliphatic rings. The molecule has 0 unspecified atom stereocenters. The Kier molecular flexibility index (Phi) is 4.39. The van der Waals surface area contributed by atoms with Crippen LogP contribution in [0.25, 0.3) is 0 Å². The highest BCUT2D eigenvalue weighted by atomic mass is 17.2. The molecule has 0 aromatic heterocycles. The van der Waals surface area contributed by atoms with Crippen molar-refractivity contribution in [2.45, 2.75) is 58.0 Å². The maximum atomic E-state index is 10.00. The van der Waals surface area contributed by atoms with Crippen LogP contribution >= 0.6 is 0 Å². The Labute approximate surface area is 85.7 Å². The van der Waals surface area contributed by atoms with Gasteiger partial charge in [0.05, 0.1) is 0 Å². The molecule has 14 heavy (non-hydrogen) atoms. The van der Waals surface area contributed by atoms with Crippen LogP contribution in [0.3, 0.4) is 0 Å². The van der Waals surface area contributed by atoms with E-state index in [-0.39, 0.29) is 5.60 Å². The molecule has 82 valence electrons. The highest BCUT2D eigenvalue weighted by molar-refractivity contribution is 5.35. The van der Waals surface area contributed by atoms with E-state index >= 15 is 0 Å². The zero-order valence-electron chi connectivity index (χ0n) is 9.12. The molecule has 1 saturated carbocycles. The largest absolute Gasteiger partial charge is 0.330 e. The molecule has 3 heteroatoms. The van der Waals surface area contributed by atoms with Gasteiger partial charge in [-0.2, -0.15) is 4.89 Å². The summed E-state index contributed by atoms with van der Waals surface area (Å²) in [6.45, 7) is 4.26. The molecule has 0 aromatic rings. The van der Waals surface area contributed by atoms with Gasteiger partial charge in [0, 0.05) is 0 Å². The molecule has 0 N–H and O–H groups in total. The number of hydrogen-bond acceptors (Lipinski definition) is 3. The third kappa shape index (κ3) is 4.09. The molecular weight excluding hydrogens is 180 g/mol. The molecule has 0 amide bonds. The van der Waals surface area contributed by atoms with Gasteiger partial charge in [-0.15, -0.1) is 0 Å². The fourth-order valence-corrected chi connectivity index (χ4v) is 2.27. The van der Waals surface area contributed by atoms with Crippen molar-refractivity contribution in [3.05, 3.63) is 0 Å². The average Bonchev–Trinajstić information content (AvgIpc) is 2.16. The lowest BCUT2D eigenvalue weighted by Crippen LogP contribution is -2.28. The molecule has 0 heterocycles. The Morgan fingerprint density at radius 2 is 1.93 bits per heavy atom. The van der Waals surface area contributed by atoms with Gasteiger partial charge >= 0.3 is 6.47 Å². The maximum Gasteiger partial charge on any atom is 0.330 e. The van der Waals surface area contributed by atoms with Crippen molar-refractivity contribution < 1.29 is 14.6 Å². The highest BCUT2D eigenvalue weighted by Gasteiger charge is 2.26. The molecule has 0 radical (unpaired) electrons. The first-order chi connectivity index (χ1) is 6.64. The summed E-state index contributed by atoms with van der Waals surface area (Å²) in [5, 5.41) is 0. The molecule has 3 nitrogen and oxygen atoms in total. The Balaban J connectivity index is 2.28. The van der Waals surface area contributed by atoms with Crippen LogP contribution in [0.5, 0.6) is 0 Å². The predicted molar refractivity (Wildman–Crippen MR) is 53.5 cm³/mol. The minimum absolute atomic E-state index is 0.336. The SMILES string of the molecule is CC(C)(CC1CCCCC1)OOC=O. The minimum atomic E-state index is -0.344. The van der Waals surface area contributed by atoms with Crippen LogP contribution in [0, 0.1) is 5.92 Å². The summed E-state index contributed by atoms with van der Waals surface area (Å²) in [5.74, 6) is 0.731. The Bertz CT molecular complexity index is 171. The van der Waals surface area contributed by atoms with E-state index in [9.17, 15) is 4.79 Å². The number of carbonyl (C=O) groups is 1. The van der Waals surface area contributed by atoms with Crippen molar-refractivity contribution in [3.8, 4) is 0 Å². The lowest BCUT2D eigenvalue weighted by molar-refractivity contribution is -0.318. The summed E-state index contributed by atoms with van der Waals surface area (Å²) >= 11 is 0. The summed E-state index contributed by atoms with van der Waals surface area (Å²) in [6.07, 6.45) is 7.57. The van der Waals surface area contributed by atoms with Crippen molar-refractivity contribution >= 4 is 6.47 Å². The molecule has 0 spiro atoms. The van der Waals surface area contributed by atoms with Crippen molar-refractivity contribution in [1.82, 2.24) is 0 Å². The van der Waals surface area contributed by atoms with E-state index in [1.165, 1.54) is 32.1 Å². The lowest BCUT2D eigenvalue weighted by atomic mass is 9.82. The molecule has 0 bridgehead atoms. The van der Waals surface area contributed by atoms with Crippen molar-refractivity contribution in [2.24, 2.45) is 5.92 Å². The van der Waals surface area contributed by atoms with Crippen LogP contribution in [0.15, 0.2) is 0 Å². The minimum Gasteiger partial charge on any atom is -0.301 e. The van der Waals surface area contributed by atoms with Crippen LogP contribution in [0.1, 0.15) is 52.4 Å². The molecule has 1 aliphatic carbocycles. The van der Waals surface area contributed by atoms with Crippen molar-refractivity contribution in [3.63, 3.8) is 0 Å². The Hall–Kier alpha value is -0.570. The first kappa shape index (κ1) is 11.5. The standard InChI is InChI=1S/C11H20O3/c1-11(2,14-13-9-12)8-10-6-4-3-5-7-10/h9-10H,3-8H2,1-2H3. The third-order valence-electron chi connectivity index (χ3n) is 2.82. The summed E-state index contributed by atoms with van der Waals surface area (Å²) in [4.78, 5) is 19.4. The van der Waals surface area contributed by atoms with Gasteiger partial charge in [-0.1, -0.05) is 32.1 Å². The Morgan fingerprint density at radius 3 is 2.50 bits per heavy atom. The molecule has 1 fully saturated rings. The molecule has 0 saturated heterocycles. The van der Waals surface area contributed by atoms with Gasteiger partial charge in [0.25, 0.3) is 0 Å². The van der Waals surface area contributed by atoms with Crippen LogP contribution < -0.4 is 0 Å². The fraction of sp³-hybridized carbons (Fsp3) is 0.909. The Morgan fingerprint density at radius 1 is 1.29 bits per heavy atom. The van der Waals surface area contributed by atoms with Crippen LogP contribution in [0.2, 0.25) is 0 Å². The van der Waals surface area contributed by atoms with Gasteiger partial charge in [0.15, 0.2) is 0 Å². The molecular formula is C11H20O3. The first-order valence-electron chi connectivity index (χ1n) is 5.42. The van der Waals surface area contributed by atoms with E-state index < -0.39 is 0 Å². The monoisotopic (exact) mass is 200 g/mol. The predicted octanol–water partition coefficient (Wildman–Crippen LogP) is 2.84. The van der Waals surface area contributed by atoms with E-state index in [2.05, 4.69) is 4.89 Å². The van der Waals surface area contributed by atoms with Crippen molar-refractivity contribution in [1.29, 1.82) is 0 Å². The number of hydrogen-bond donors (Lipinski definition) is 0. The first-order valence-corrected chi connectivity index (χ1v) is 5.42. The van der Waals surface area contributed by atoms with Gasteiger partial charge in [-0.3, -0.25) is 4.79 Å². The molecule has 0 aliphatic heterocycles. The third-order valence-corrected chi connectivity index (χ3v) is 2.82. The smallest absolute Gasteiger partial charge is 0.301 e. The second-order valence-electron chi connectivity index (χ2n) is 4.74. The van der Waals surface area contributed by atoms with E-state index in [1.54, 1.807) is 0 Å². The summed E-state index contributed by atoms with van der Waals surface area (Å²) in [7, 11) is 0.